The summed E-state index contributed by atoms with van der Waals surface area (Å²) >= 11 is 0. The molecule has 0 radical (unpaired) electrons. The van der Waals surface area contributed by atoms with Crippen molar-refractivity contribution in [3.8, 4) is 0 Å². The van der Waals surface area contributed by atoms with Crippen LogP contribution in [0.4, 0.5) is 0 Å². The third kappa shape index (κ3) is 75.7. The Kier molecular flexibility index (Phi) is 73.3. The summed E-state index contributed by atoms with van der Waals surface area (Å²) in [5.41, 5.74) is 0. The Hall–Kier alpha value is -4.54. The minimum Gasteiger partial charge on any atom is -0.462 e. The molecule has 19 heteroatoms. The number of carbonyl (C=O) groups excluding carboxylic acids is 4. The van der Waals surface area contributed by atoms with Gasteiger partial charge in [0.1, 0.15) is 19.3 Å². The Morgan fingerprint density at radius 3 is 0.856 bits per heavy atom. The molecule has 0 saturated heterocycles. The molecule has 5 atom stereocenters. The molecule has 0 fully saturated rings. The lowest BCUT2D eigenvalue weighted by Crippen LogP contribution is -2.30. The van der Waals surface area contributed by atoms with Crippen LogP contribution in [0.3, 0.4) is 0 Å². The molecule has 0 aromatic heterocycles. The van der Waals surface area contributed by atoms with Crippen molar-refractivity contribution >= 4 is 39.5 Å². The number of phosphoric ester groups is 2. The summed E-state index contributed by atoms with van der Waals surface area (Å²) in [6, 6.07) is 0. The Labute approximate surface area is 632 Å². The molecule has 0 amide bonds. The van der Waals surface area contributed by atoms with Gasteiger partial charge in [-0.3, -0.25) is 37.3 Å². The normalized spacial score (nSPS) is 14.5. The molecule has 0 rings (SSSR count). The van der Waals surface area contributed by atoms with Crippen LogP contribution in [-0.4, -0.2) is 96.7 Å². The predicted octanol–water partition coefficient (Wildman–Crippen LogP) is 23.9. The van der Waals surface area contributed by atoms with Crippen LogP contribution in [0.2, 0.25) is 0 Å². The van der Waals surface area contributed by atoms with E-state index in [1.807, 2.05) is 18.2 Å². The van der Waals surface area contributed by atoms with Gasteiger partial charge in [0.05, 0.1) is 26.4 Å². The lowest BCUT2D eigenvalue weighted by Gasteiger charge is -2.21. The largest absolute Gasteiger partial charge is 0.472 e. The maximum Gasteiger partial charge on any atom is 0.472 e. The van der Waals surface area contributed by atoms with Gasteiger partial charge in [0, 0.05) is 25.7 Å². The number of hydrogen-bond donors (Lipinski definition) is 3. The molecule has 3 N–H and O–H groups in total. The van der Waals surface area contributed by atoms with Crippen molar-refractivity contribution in [2.45, 2.75) is 354 Å². The third-order valence-corrected chi connectivity index (χ3v) is 18.8. The van der Waals surface area contributed by atoms with Crippen molar-refractivity contribution in [3.63, 3.8) is 0 Å². The fourth-order valence-electron chi connectivity index (χ4n) is 10.7. The van der Waals surface area contributed by atoms with Crippen molar-refractivity contribution in [1.29, 1.82) is 0 Å². The molecular weight excluding hydrogens is 1350 g/mol. The van der Waals surface area contributed by atoms with E-state index < -0.39 is 97.5 Å². The first-order chi connectivity index (χ1) is 50.7. The smallest absolute Gasteiger partial charge is 0.462 e. The quantitative estimate of drug-likeness (QED) is 0.0169. The van der Waals surface area contributed by atoms with Crippen LogP contribution in [0.15, 0.2) is 122 Å². The highest BCUT2D eigenvalue weighted by Crippen LogP contribution is 2.45. The standard InChI is InChI=1S/C85H146O17P2/c1-5-9-13-17-21-25-29-33-37-38-39-40-44-46-50-54-58-62-66-70-83(88)96-76-81(102-85(90)72-68-64-60-56-52-48-43-36-32-28-24-20-16-12-8-4)78-100-104(93,94)98-74-79(86)73-97-103(91,92)99-77-80(101-84(89)71-67-63-59-55-51-47-42-35-31-27-23-19-15-11-7-3)75-95-82(87)69-65-61-57-53-49-45-41-34-30-26-22-18-14-10-6-2/h9,13,21,24-25,28,33-37,39-43,46,50,58,62,79-81,86H,5-8,10-12,14-20,22-23,26-27,29-32,38,44-45,47-49,51-57,59-61,63-78H2,1-4H3,(H,91,92)(H,93,94)/b13-9-,25-21-,28-24-,37-33-,40-39-,41-34-,42-35-,43-36-,50-46-,62-58-. The number of unbranched alkanes of at least 4 members (excludes halogenated alkanes) is 30. The first kappa shape index (κ1) is 99.5. The molecule has 598 valence electrons. The second-order valence-electron chi connectivity index (χ2n) is 27.0. The zero-order valence-corrected chi connectivity index (χ0v) is 67.2. The average Bonchev–Trinajstić information content (AvgIpc) is 0.918. The summed E-state index contributed by atoms with van der Waals surface area (Å²) in [4.78, 5) is 73.0. The Bertz CT molecular complexity index is 2440. The number of ether oxygens (including phenoxy) is 4. The lowest BCUT2D eigenvalue weighted by atomic mass is 10.1. The van der Waals surface area contributed by atoms with Crippen LogP contribution in [0.5, 0.6) is 0 Å². The van der Waals surface area contributed by atoms with Crippen molar-refractivity contribution in [2.24, 2.45) is 0 Å². The number of aliphatic hydroxyl groups is 1. The van der Waals surface area contributed by atoms with Crippen molar-refractivity contribution < 1.29 is 80.2 Å². The van der Waals surface area contributed by atoms with Gasteiger partial charge < -0.3 is 33.8 Å². The van der Waals surface area contributed by atoms with E-state index in [0.29, 0.717) is 32.1 Å². The van der Waals surface area contributed by atoms with Crippen molar-refractivity contribution in [1.82, 2.24) is 0 Å². The summed E-state index contributed by atoms with van der Waals surface area (Å²) in [5.74, 6) is -2.30. The molecule has 0 bridgehead atoms. The van der Waals surface area contributed by atoms with Gasteiger partial charge in [-0.05, 0) is 148 Å². The number of allylic oxidation sites excluding steroid dienone is 20. The maximum absolute atomic E-state index is 13.1. The molecule has 17 nitrogen and oxygen atoms in total. The van der Waals surface area contributed by atoms with Gasteiger partial charge in [-0.1, -0.05) is 284 Å². The third-order valence-electron chi connectivity index (χ3n) is 16.9. The zero-order chi connectivity index (χ0) is 76.0. The van der Waals surface area contributed by atoms with Gasteiger partial charge >= 0.3 is 39.5 Å². The van der Waals surface area contributed by atoms with Gasteiger partial charge in [-0.15, -0.1) is 0 Å². The van der Waals surface area contributed by atoms with Gasteiger partial charge in [0.2, 0.25) is 0 Å². The topological polar surface area (TPSA) is 237 Å². The van der Waals surface area contributed by atoms with E-state index in [1.54, 1.807) is 0 Å². The van der Waals surface area contributed by atoms with Gasteiger partial charge in [-0.2, -0.15) is 0 Å². The van der Waals surface area contributed by atoms with Crippen LogP contribution >= 0.6 is 15.6 Å². The van der Waals surface area contributed by atoms with Crippen molar-refractivity contribution in [2.75, 3.05) is 39.6 Å². The number of aliphatic hydroxyl groups excluding tert-OH is 1. The summed E-state index contributed by atoms with van der Waals surface area (Å²) in [7, 11) is -9.99. The Morgan fingerprint density at radius 2 is 0.519 bits per heavy atom. The number of hydrogen-bond acceptors (Lipinski definition) is 15. The zero-order valence-electron chi connectivity index (χ0n) is 65.4. The minimum absolute atomic E-state index is 0.0309. The first-order valence-corrected chi connectivity index (χ1v) is 43.8. The second-order valence-corrected chi connectivity index (χ2v) is 29.9. The summed E-state index contributed by atoms with van der Waals surface area (Å²) < 4.78 is 68.6. The highest BCUT2D eigenvalue weighted by atomic mass is 31.2. The van der Waals surface area contributed by atoms with Crippen LogP contribution in [0.25, 0.3) is 0 Å². The molecule has 0 aromatic rings. The average molecular weight is 1500 g/mol. The molecule has 0 aromatic carbocycles. The fourth-order valence-corrected chi connectivity index (χ4v) is 12.3. The van der Waals surface area contributed by atoms with E-state index >= 15 is 0 Å². The highest BCUT2D eigenvalue weighted by Gasteiger charge is 2.30. The molecule has 5 unspecified atom stereocenters. The van der Waals surface area contributed by atoms with E-state index in [-0.39, 0.29) is 25.7 Å². The SMILES string of the molecule is CC/C=C\C/C=C\C/C=C\C/C=C\C/C=C\C/C=C\CCC(=O)OCC(COP(=O)(O)OCC(O)COP(=O)(O)OCC(COC(=O)CCCCCCC/C=C\CCCCCCCC)OC(=O)CCCCCCC/C=C\CCCCCCCC)OC(=O)CCCCCCC/C=C\C/C=C\CCCCC. The molecule has 0 heterocycles. The van der Waals surface area contributed by atoms with E-state index in [1.165, 1.54) is 96.3 Å². The number of carbonyl (C=O) groups is 4. The van der Waals surface area contributed by atoms with Crippen LogP contribution < -0.4 is 0 Å². The van der Waals surface area contributed by atoms with E-state index in [0.717, 1.165) is 154 Å². The molecule has 0 spiro atoms. The maximum atomic E-state index is 13.1. The van der Waals surface area contributed by atoms with Crippen LogP contribution in [0, 0.1) is 0 Å². The van der Waals surface area contributed by atoms with E-state index in [2.05, 4.69) is 131 Å². The predicted molar refractivity (Wildman–Crippen MR) is 427 cm³/mol. The molecule has 0 aliphatic heterocycles. The summed E-state index contributed by atoms with van der Waals surface area (Å²) in [6.45, 7) is 4.63. The summed E-state index contributed by atoms with van der Waals surface area (Å²) in [6.07, 6.45) is 84.7. The molecule has 0 aliphatic carbocycles. The highest BCUT2D eigenvalue weighted by molar-refractivity contribution is 7.47. The number of rotatable bonds is 76. The number of phosphoric acid groups is 2. The Morgan fingerprint density at radius 1 is 0.279 bits per heavy atom. The van der Waals surface area contributed by atoms with Gasteiger partial charge in [-0.25, -0.2) is 9.13 Å². The van der Waals surface area contributed by atoms with Gasteiger partial charge in [0.25, 0.3) is 0 Å². The monoisotopic (exact) mass is 1500 g/mol. The van der Waals surface area contributed by atoms with Crippen LogP contribution in [-0.2, 0) is 65.4 Å². The van der Waals surface area contributed by atoms with Crippen molar-refractivity contribution in [3.05, 3.63) is 122 Å². The molecule has 0 saturated carbocycles. The molecule has 104 heavy (non-hydrogen) atoms. The number of esters is 4. The molecular formula is C85H146O17P2. The Balaban J connectivity index is 5.44. The minimum atomic E-state index is -5.00. The van der Waals surface area contributed by atoms with E-state index in [4.69, 9.17) is 37.0 Å². The summed E-state index contributed by atoms with van der Waals surface area (Å²) in [5, 5.41) is 10.6. The molecule has 0 aliphatic rings. The van der Waals surface area contributed by atoms with Crippen LogP contribution in [0.1, 0.15) is 336 Å². The van der Waals surface area contributed by atoms with E-state index in [9.17, 15) is 43.2 Å². The fraction of sp³-hybridized carbons (Fsp3) is 0.718. The lowest BCUT2D eigenvalue weighted by molar-refractivity contribution is -0.161. The first-order valence-electron chi connectivity index (χ1n) is 40.8. The second kappa shape index (κ2) is 76.6. The van der Waals surface area contributed by atoms with Gasteiger partial charge in [0.15, 0.2) is 12.2 Å².